The maximum atomic E-state index is 11.0. The molecule has 0 aromatic carbocycles. The van der Waals surface area contributed by atoms with Gasteiger partial charge in [-0.3, -0.25) is 9.59 Å². The first kappa shape index (κ1) is 10.0. The molecule has 0 heterocycles. The minimum absolute atomic E-state index is 0.226. The van der Waals surface area contributed by atoms with Crippen LogP contribution in [-0.4, -0.2) is 25.4 Å². The summed E-state index contributed by atoms with van der Waals surface area (Å²) in [7, 11) is 1.45. The first-order chi connectivity index (χ1) is 6.07. The lowest BCUT2D eigenvalue weighted by Gasteiger charge is -2.38. The SMILES string of the molecule is CNC(=O)C(=O)NCC1(C)CCC1. The van der Waals surface area contributed by atoms with Gasteiger partial charge < -0.3 is 10.6 Å². The van der Waals surface area contributed by atoms with E-state index in [1.807, 2.05) is 0 Å². The van der Waals surface area contributed by atoms with E-state index in [0.717, 1.165) is 12.8 Å². The summed E-state index contributed by atoms with van der Waals surface area (Å²) in [5, 5.41) is 4.91. The topological polar surface area (TPSA) is 58.2 Å². The zero-order valence-corrected chi connectivity index (χ0v) is 8.14. The highest BCUT2D eigenvalue weighted by Crippen LogP contribution is 2.39. The van der Waals surface area contributed by atoms with Gasteiger partial charge in [-0.15, -0.1) is 0 Å². The quantitative estimate of drug-likeness (QED) is 0.595. The van der Waals surface area contributed by atoms with E-state index in [1.54, 1.807) is 0 Å². The molecule has 1 fully saturated rings. The monoisotopic (exact) mass is 184 g/mol. The minimum atomic E-state index is -0.567. The Bertz CT molecular complexity index is 222. The number of nitrogens with one attached hydrogen (secondary N) is 2. The Hall–Kier alpha value is -1.06. The predicted octanol–water partition coefficient (Wildman–Crippen LogP) is 0.0388. The molecule has 2 amide bonds. The molecule has 0 atom stereocenters. The molecule has 4 heteroatoms. The van der Waals surface area contributed by atoms with Crippen LogP contribution in [0.3, 0.4) is 0 Å². The molecule has 1 saturated carbocycles. The van der Waals surface area contributed by atoms with Gasteiger partial charge in [-0.05, 0) is 18.3 Å². The lowest BCUT2D eigenvalue weighted by atomic mass is 9.70. The lowest BCUT2D eigenvalue weighted by molar-refractivity contribution is -0.139. The molecule has 0 saturated heterocycles. The van der Waals surface area contributed by atoms with Crippen LogP contribution in [0, 0.1) is 5.41 Å². The number of carbonyl (C=O) groups excluding carboxylic acids is 2. The third-order valence-electron chi connectivity index (χ3n) is 2.67. The van der Waals surface area contributed by atoms with Gasteiger partial charge in [0.2, 0.25) is 0 Å². The van der Waals surface area contributed by atoms with Gasteiger partial charge in [-0.25, -0.2) is 0 Å². The Balaban J connectivity index is 2.25. The summed E-state index contributed by atoms with van der Waals surface area (Å²) in [6.07, 6.45) is 3.51. The van der Waals surface area contributed by atoms with E-state index in [2.05, 4.69) is 17.6 Å². The molecule has 1 aliphatic rings. The maximum Gasteiger partial charge on any atom is 0.309 e. The van der Waals surface area contributed by atoms with Crippen LogP contribution < -0.4 is 10.6 Å². The highest BCUT2D eigenvalue weighted by Gasteiger charge is 2.32. The van der Waals surface area contributed by atoms with E-state index < -0.39 is 11.8 Å². The Morgan fingerprint density at radius 3 is 2.31 bits per heavy atom. The van der Waals surface area contributed by atoms with E-state index in [4.69, 9.17) is 0 Å². The zero-order valence-electron chi connectivity index (χ0n) is 8.14. The molecule has 0 unspecified atom stereocenters. The van der Waals surface area contributed by atoms with Crippen LogP contribution in [0.5, 0.6) is 0 Å². The Morgan fingerprint density at radius 2 is 1.92 bits per heavy atom. The predicted molar refractivity (Wildman–Crippen MR) is 49.0 cm³/mol. The van der Waals surface area contributed by atoms with Gasteiger partial charge in [-0.1, -0.05) is 13.3 Å². The molecule has 13 heavy (non-hydrogen) atoms. The fourth-order valence-electron chi connectivity index (χ4n) is 1.44. The standard InChI is InChI=1S/C9H16N2O2/c1-9(4-3-5-9)6-11-8(13)7(12)10-2/h3-6H2,1-2H3,(H,10,12)(H,11,13). The summed E-state index contributed by atoms with van der Waals surface area (Å²) in [4.78, 5) is 21.8. The second kappa shape index (κ2) is 3.77. The summed E-state index contributed by atoms with van der Waals surface area (Å²) >= 11 is 0. The molecular formula is C9H16N2O2. The van der Waals surface area contributed by atoms with E-state index in [-0.39, 0.29) is 5.41 Å². The van der Waals surface area contributed by atoms with Crippen molar-refractivity contribution in [3.8, 4) is 0 Å². The van der Waals surface area contributed by atoms with Crippen LogP contribution in [0.1, 0.15) is 26.2 Å². The van der Waals surface area contributed by atoms with E-state index in [0.29, 0.717) is 6.54 Å². The number of hydrogen-bond acceptors (Lipinski definition) is 2. The Morgan fingerprint density at radius 1 is 1.31 bits per heavy atom. The Labute approximate surface area is 78.1 Å². The number of likely N-dealkylation sites (N-methyl/N-ethyl adjacent to an activating group) is 1. The fourth-order valence-corrected chi connectivity index (χ4v) is 1.44. The van der Waals surface area contributed by atoms with Crippen molar-refractivity contribution in [3.05, 3.63) is 0 Å². The average Bonchev–Trinajstić information content (AvgIpc) is 2.09. The minimum Gasteiger partial charge on any atom is -0.351 e. The van der Waals surface area contributed by atoms with Gasteiger partial charge in [-0.2, -0.15) is 0 Å². The van der Waals surface area contributed by atoms with E-state index in [1.165, 1.54) is 13.5 Å². The number of carbonyl (C=O) groups is 2. The number of hydrogen-bond donors (Lipinski definition) is 2. The molecule has 0 aliphatic heterocycles. The van der Waals surface area contributed by atoms with Crippen LogP contribution in [0.2, 0.25) is 0 Å². The van der Waals surface area contributed by atoms with Gasteiger partial charge in [0.15, 0.2) is 0 Å². The van der Waals surface area contributed by atoms with Gasteiger partial charge in [0.05, 0.1) is 0 Å². The van der Waals surface area contributed by atoms with Crippen LogP contribution in [0.25, 0.3) is 0 Å². The molecule has 2 N–H and O–H groups in total. The normalized spacial score (nSPS) is 18.6. The van der Waals surface area contributed by atoms with Crippen molar-refractivity contribution in [1.82, 2.24) is 10.6 Å². The molecule has 0 aromatic rings. The molecule has 0 bridgehead atoms. The largest absolute Gasteiger partial charge is 0.351 e. The molecule has 1 aliphatic carbocycles. The molecular weight excluding hydrogens is 168 g/mol. The van der Waals surface area contributed by atoms with Crippen LogP contribution in [0.15, 0.2) is 0 Å². The van der Waals surface area contributed by atoms with Crippen LogP contribution in [0.4, 0.5) is 0 Å². The van der Waals surface area contributed by atoms with Crippen molar-refractivity contribution >= 4 is 11.8 Å². The number of rotatable bonds is 2. The number of amides is 2. The van der Waals surface area contributed by atoms with Crippen molar-refractivity contribution in [2.75, 3.05) is 13.6 Å². The van der Waals surface area contributed by atoms with Gasteiger partial charge in [0, 0.05) is 13.6 Å². The van der Waals surface area contributed by atoms with Gasteiger partial charge in [0.1, 0.15) is 0 Å². The van der Waals surface area contributed by atoms with Crippen LogP contribution >= 0.6 is 0 Å². The highest BCUT2D eigenvalue weighted by atomic mass is 16.2. The maximum absolute atomic E-state index is 11.0. The zero-order chi connectivity index (χ0) is 9.90. The van der Waals surface area contributed by atoms with Crippen LogP contribution in [-0.2, 0) is 9.59 Å². The third kappa shape index (κ3) is 2.44. The third-order valence-corrected chi connectivity index (χ3v) is 2.67. The first-order valence-corrected chi connectivity index (χ1v) is 4.57. The lowest BCUT2D eigenvalue weighted by Crippen LogP contribution is -2.45. The Kier molecular flexibility index (Phi) is 2.90. The summed E-state index contributed by atoms with van der Waals surface area (Å²) < 4.78 is 0. The molecule has 4 nitrogen and oxygen atoms in total. The molecule has 0 radical (unpaired) electrons. The van der Waals surface area contributed by atoms with E-state index in [9.17, 15) is 9.59 Å². The summed E-state index contributed by atoms with van der Waals surface area (Å²) in [6.45, 7) is 2.74. The summed E-state index contributed by atoms with van der Waals surface area (Å²) in [6, 6.07) is 0. The second-order valence-corrected chi connectivity index (χ2v) is 3.93. The molecule has 0 spiro atoms. The smallest absolute Gasteiger partial charge is 0.309 e. The second-order valence-electron chi connectivity index (χ2n) is 3.93. The molecule has 74 valence electrons. The summed E-state index contributed by atoms with van der Waals surface area (Å²) in [5.74, 6) is -1.10. The van der Waals surface area contributed by atoms with Crippen molar-refractivity contribution in [1.29, 1.82) is 0 Å². The fraction of sp³-hybridized carbons (Fsp3) is 0.778. The van der Waals surface area contributed by atoms with Gasteiger partial charge in [0.25, 0.3) is 0 Å². The van der Waals surface area contributed by atoms with E-state index >= 15 is 0 Å². The molecule has 1 rings (SSSR count). The van der Waals surface area contributed by atoms with Crippen molar-refractivity contribution in [2.45, 2.75) is 26.2 Å². The van der Waals surface area contributed by atoms with Crippen molar-refractivity contribution < 1.29 is 9.59 Å². The highest BCUT2D eigenvalue weighted by molar-refractivity contribution is 6.35. The average molecular weight is 184 g/mol. The van der Waals surface area contributed by atoms with Crippen molar-refractivity contribution in [3.63, 3.8) is 0 Å². The van der Waals surface area contributed by atoms with Gasteiger partial charge >= 0.3 is 11.8 Å². The summed E-state index contributed by atoms with van der Waals surface area (Å²) in [5.41, 5.74) is 0.226. The van der Waals surface area contributed by atoms with Crippen molar-refractivity contribution in [2.24, 2.45) is 5.41 Å². The first-order valence-electron chi connectivity index (χ1n) is 4.57. The molecule has 0 aromatic heterocycles.